The highest BCUT2D eigenvalue weighted by Crippen LogP contribution is 2.25. The van der Waals surface area contributed by atoms with Gasteiger partial charge in [-0.25, -0.2) is 0 Å². The van der Waals surface area contributed by atoms with E-state index in [1.807, 2.05) is 47.2 Å². The van der Waals surface area contributed by atoms with Crippen molar-refractivity contribution in [3.8, 4) is 5.75 Å². The van der Waals surface area contributed by atoms with Gasteiger partial charge in [0.05, 0.1) is 6.61 Å². The molecule has 1 aromatic heterocycles. The molecule has 0 saturated heterocycles. The van der Waals surface area contributed by atoms with Gasteiger partial charge in [0.15, 0.2) is 5.78 Å². The standard InChI is InChI=1S/C31H33NO4/c1-22(2)20-24-11-9-23(10-12-24)17-19-36-26-15-13-25(14-16-26)31(35)28-21-32(18-5-8-30(33)34)29-7-4-3-6-27(28)29/h3-4,6-7,9-16,21-22H,5,8,17-20H2,1-2H3,(H,33,34). The summed E-state index contributed by atoms with van der Waals surface area (Å²) < 4.78 is 7.89. The average molecular weight is 484 g/mol. The molecule has 0 atom stereocenters. The lowest BCUT2D eigenvalue weighted by molar-refractivity contribution is -0.137. The van der Waals surface area contributed by atoms with Gasteiger partial charge in [0.1, 0.15) is 5.75 Å². The average Bonchev–Trinajstić information content (AvgIpc) is 3.23. The zero-order valence-electron chi connectivity index (χ0n) is 20.9. The van der Waals surface area contributed by atoms with Crippen molar-refractivity contribution in [3.05, 3.63) is 101 Å². The van der Waals surface area contributed by atoms with Crippen molar-refractivity contribution in [1.29, 1.82) is 0 Å². The molecule has 0 aliphatic rings. The number of hydrogen-bond acceptors (Lipinski definition) is 3. The van der Waals surface area contributed by atoms with Crippen LogP contribution < -0.4 is 4.74 Å². The summed E-state index contributed by atoms with van der Waals surface area (Å²) in [4.78, 5) is 24.2. The van der Waals surface area contributed by atoms with Crippen LogP contribution in [0.3, 0.4) is 0 Å². The highest BCUT2D eigenvalue weighted by Gasteiger charge is 2.17. The number of rotatable bonds is 12. The maximum Gasteiger partial charge on any atom is 0.303 e. The summed E-state index contributed by atoms with van der Waals surface area (Å²) in [5.74, 6) is 0.511. The van der Waals surface area contributed by atoms with Gasteiger partial charge in [-0.05, 0) is 60.2 Å². The van der Waals surface area contributed by atoms with Crippen LogP contribution in [0.15, 0.2) is 79.0 Å². The van der Waals surface area contributed by atoms with E-state index in [-0.39, 0.29) is 12.2 Å². The number of aromatic nitrogens is 1. The fourth-order valence-corrected chi connectivity index (χ4v) is 4.47. The number of fused-ring (bicyclic) bond motifs is 1. The molecule has 4 rings (SSSR count). The third kappa shape index (κ3) is 6.42. The van der Waals surface area contributed by atoms with Crippen LogP contribution in [0, 0.1) is 5.92 Å². The maximum absolute atomic E-state index is 13.3. The van der Waals surface area contributed by atoms with Gasteiger partial charge < -0.3 is 14.4 Å². The molecule has 5 nitrogen and oxygen atoms in total. The third-order valence-corrected chi connectivity index (χ3v) is 6.27. The van der Waals surface area contributed by atoms with Crippen LogP contribution in [0.2, 0.25) is 0 Å². The van der Waals surface area contributed by atoms with Crippen LogP contribution in [-0.4, -0.2) is 28.0 Å². The second kappa shape index (κ2) is 11.7. The molecule has 0 saturated carbocycles. The Morgan fingerprint density at radius 2 is 1.61 bits per heavy atom. The number of aryl methyl sites for hydroxylation is 1. The Labute approximate surface area is 212 Å². The molecule has 0 amide bonds. The molecule has 4 aromatic rings. The second-order valence-electron chi connectivity index (χ2n) is 9.62. The minimum atomic E-state index is -0.815. The molecule has 0 spiro atoms. The monoisotopic (exact) mass is 483 g/mol. The van der Waals surface area contributed by atoms with Crippen molar-refractivity contribution in [2.75, 3.05) is 6.61 Å². The maximum atomic E-state index is 13.3. The van der Waals surface area contributed by atoms with Crippen LogP contribution in [0.25, 0.3) is 10.9 Å². The first-order valence-corrected chi connectivity index (χ1v) is 12.6. The molecule has 0 aliphatic heterocycles. The molecule has 1 N–H and O–H groups in total. The third-order valence-electron chi connectivity index (χ3n) is 6.27. The molecule has 186 valence electrons. The number of para-hydroxylation sites is 1. The Morgan fingerprint density at radius 1 is 0.917 bits per heavy atom. The van der Waals surface area contributed by atoms with Gasteiger partial charge in [0.25, 0.3) is 0 Å². The topological polar surface area (TPSA) is 68.5 Å². The summed E-state index contributed by atoms with van der Waals surface area (Å²) in [6.07, 6.45) is 4.36. The first kappa shape index (κ1) is 25.2. The zero-order chi connectivity index (χ0) is 25.5. The van der Waals surface area contributed by atoms with E-state index in [0.717, 1.165) is 29.5 Å². The minimum Gasteiger partial charge on any atom is -0.493 e. The summed E-state index contributed by atoms with van der Waals surface area (Å²) in [7, 11) is 0. The minimum absolute atomic E-state index is 0.0591. The SMILES string of the molecule is CC(C)Cc1ccc(CCOc2ccc(C(=O)c3cn(CCCC(=O)O)c4ccccc34)cc2)cc1. The number of benzene rings is 3. The molecule has 0 bridgehead atoms. The number of ketones is 1. The van der Waals surface area contributed by atoms with Gasteiger partial charge >= 0.3 is 5.97 Å². The number of aliphatic carboxylic acids is 1. The number of hydrogen-bond donors (Lipinski definition) is 1. The Bertz CT molecular complexity index is 1320. The smallest absolute Gasteiger partial charge is 0.303 e. The Hall–Kier alpha value is -3.86. The summed E-state index contributed by atoms with van der Waals surface area (Å²) in [5.41, 5.74) is 4.75. The van der Waals surface area contributed by atoms with E-state index in [4.69, 9.17) is 9.84 Å². The normalized spacial score (nSPS) is 11.2. The number of carboxylic acids is 1. The number of nitrogens with zero attached hydrogens (tertiary/aromatic N) is 1. The predicted octanol–water partition coefficient (Wildman–Crippen LogP) is 6.56. The summed E-state index contributed by atoms with van der Waals surface area (Å²) >= 11 is 0. The van der Waals surface area contributed by atoms with Gasteiger partial charge in [-0.1, -0.05) is 56.3 Å². The van der Waals surface area contributed by atoms with Crippen molar-refractivity contribution < 1.29 is 19.4 Å². The fraction of sp³-hybridized carbons (Fsp3) is 0.290. The molecule has 36 heavy (non-hydrogen) atoms. The van der Waals surface area contributed by atoms with E-state index in [2.05, 4.69) is 38.1 Å². The Morgan fingerprint density at radius 3 is 2.31 bits per heavy atom. The lowest BCUT2D eigenvalue weighted by Crippen LogP contribution is -2.04. The Balaban J connectivity index is 1.38. The first-order chi connectivity index (χ1) is 17.4. The largest absolute Gasteiger partial charge is 0.493 e. The van der Waals surface area contributed by atoms with E-state index in [1.165, 1.54) is 11.1 Å². The van der Waals surface area contributed by atoms with Crippen molar-refractivity contribution in [2.24, 2.45) is 5.92 Å². The molecule has 0 fully saturated rings. The van der Waals surface area contributed by atoms with E-state index in [0.29, 0.717) is 36.6 Å². The van der Waals surface area contributed by atoms with E-state index in [9.17, 15) is 9.59 Å². The van der Waals surface area contributed by atoms with Crippen molar-refractivity contribution in [3.63, 3.8) is 0 Å². The molecular weight excluding hydrogens is 450 g/mol. The number of carboxylic acid groups (broad SMARTS) is 1. The zero-order valence-corrected chi connectivity index (χ0v) is 20.9. The van der Waals surface area contributed by atoms with Crippen LogP contribution in [0.4, 0.5) is 0 Å². The molecular formula is C31H33NO4. The Kier molecular flexibility index (Phi) is 8.21. The van der Waals surface area contributed by atoms with Gasteiger partial charge in [-0.15, -0.1) is 0 Å². The first-order valence-electron chi connectivity index (χ1n) is 12.6. The predicted molar refractivity (Wildman–Crippen MR) is 143 cm³/mol. The molecule has 1 heterocycles. The molecule has 0 radical (unpaired) electrons. The number of carbonyl (C=O) groups excluding carboxylic acids is 1. The van der Waals surface area contributed by atoms with Crippen molar-refractivity contribution >= 4 is 22.7 Å². The second-order valence-corrected chi connectivity index (χ2v) is 9.62. The molecule has 0 aliphatic carbocycles. The van der Waals surface area contributed by atoms with Crippen LogP contribution >= 0.6 is 0 Å². The van der Waals surface area contributed by atoms with Gasteiger partial charge in [0, 0.05) is 47.6 Å². The fourth-order valence-electron chi connectivity index (χ4n) is 4.47. The lowest BCUT2D eigenvalue weighted by Gasteiger charge is -2.09. The number of ether oxygens (including phenoxy) is 1. The highest BCUT2D eigenvalue weighted by molar-refractivity contribution is 6.16. The van der Waals surface area contributed by atoms with Gasteiger partial charge in [-0.3, -0.25) is 9.59 Å². The molecule has 3 aromatic carbocycles. The summed E-state index contributed by atoms with van der Waals surface area (Å²) in [6, 6.07) is 23.7. The van der Waals surface area contributed by atoms with Crippen LogP contribution in [0.5, 0.6) is 5.75 Å². The van der Waals surface area contributed by atoms with E-state index < -0.39 is 5.97 Å². The van der Waals surface area contributed by atoms with Crippen LogP contribution in [-0.2, 0) is 24.2 Å². The highest BCUT2D eigenvalue weighted by atomic mass is 16.5. The van der Waals surface area contributed by atoms with E-state index in [1.54, 1.807) is 12.1 Å². The van der Waals surface area contributed by atoms with Gasteiger partial charge in [0.2, 0.25) is 0 Å². The van der Waals surface area contributed by atoms with Crippen molar-refractivity contribution in [2.45, 2.75) is 46.1 Å². The van der Waals surface area contributed by atoms with Crippen molar-refractivity contribution in [1.82, 2.24) is 4.57 Å². The molecule has 5 heteroatoms. The number of carbonyl (C=O) groups is 2. The summed E-state index contributed by atoms with van der Waals surface area (Å²) in [5, 5.41) is 9.82. The quantitative estimate of drug-likeness (QED) is 0.232. The van der Waals surface area contributed by atoms with Gasteiger partial charge in [-0.2, -0.15) is 0 Å². The van der Waals surface area contributed by atoms with E-state index >= 15 is 0 Å². The lowest BCUT2D eigenvalue weighted by atomic mass is 10.0. The van der Waals surface area contributed by atoms with Crippen LogP contribution in [0.1, 0.15) is 53.7 Å². The molecule has 0 unspecified atom stereocenters. The summed E-state index contributed by atoms with van der Waals surface area (Å²) in [6.45, 7) is 5.57.